The van der Waals surface area contributed by atoms with Gasteiger partial charge in [-0.3, -0.25) is 4.98 Å². The third-order valence-electron chi connectivity index (χ3n) is 4.34. The zero-order valence-electron chi connectivity index (χ0n) is 14.6. The third kappa shape index (κ3) is 3.93. The molecule has 1 saturated heterocycles. The van der Waals surface area contributed by atoms with Crippen LogP contribution < -0.4 is 5.32 Å². The van der Waals surface area contributed by atoms with Crippen molar-refractivity contribution in [1.29, 1.82) is 0 Å². The van der Waals surface area contributed by atoms with Crippen LogP contribution in [0.5, 0.6) is 0 Å². The highest BCUT2D eigenvalue weighted by Crippen LogP contribution is 2.21. The lowest BCUT2D eigenvalue weighted by atomic mass is 10.2. The van der Waals surface area contributed by atoms with Gasteiger partial charge in [-0.1, -0.05) is 30.3 Å². The van der Waals surface area contributed by atoms with Gasteiger partial charge < -0.3 is 10.1 Å². The van der Waals surface area contributed by atoms with E-state index in [-0.39, 0.29) is 18.5 Å². The molecule has 0 aliphatic carbocycles. The molecule has 6 nitrogen and oxygen atoms in total. The van der Waals surface area contributed by atoms with Crippen LogP contribution in [0.2, 0.25) is 0 Å². The van der Waals surface area contributed by atoms with Gasteiger partial charge in [0.2, 0.25) is 0 Å². The van der Waals surface area contributed by atoms with Gasteiger partial charge in [-0.2, -0.15) is 0 Å². The fourth-order valence-electron chi connectivity index (χ4n) is 3.04. The first-order chi connectivity index (χ1) is 12.3. The van der Waals surface area contributed by atoms with Gasteiger partial charge in [0.05, 0.1) is 18.4 Å². The number of morpholine rings is 1. The number of ether oxygens (including phenoxy) is 1. The largest absolute Gasteiger partial charge is 0.375 e. The molecular weight excluding hydrogens is 350 g/mol. The monoisotopic (exact) mass is 371 g/mol. The Hall–Kier alpha value is -2.28. The maximum Gasteiger partial charge on any atom is 0.181 e. The van der Waals surface area contributed by atoms with Crippen LogP contribution in [0.15, 0.2) is 48.8 Å². The molecule has 0 saturated carbocycles. The Bertz CT molecular complexity index is 846. The molecule has 0 bridgehead atoms. The summed E-state index contributed by atoms with van der Waals surface area (Å²) in [4.78, 5) is 9.00. The quantitative estimate of drug-likeness (QED) is 0.763. The van der Waals surface area contributed by atoms with E-state index in [9.17, 15) is 0 Å². The smallest absolute Gasteiger partial charge is 0.181 e. The SMILES string of the molecule is Cc1cnccc1-n1nc(-c2ccccc2)nc1CC1CNCCO1.Cl. The van der Waals surface area contributed by atoms with Crippen molar-refractivity contribution in [2.75, 3.05) is 19.7 Å². The van der Waals surface area contributed by atoms with Crippen molar-refractivity contribution in [3.63, 3.8) is 0 Å². The van der Waals surface area contributed by atoms with Crippen LogP contribution in [-0.2, 0) is 11.2 Å². The predicted molar refractivity (Wildman–Crippen MR) is 103 cm³/mol. The van der Waals surface area contributed by atoms with Crippen LogP contribution in [0, 0.1) is 6.92 Å². The fourth-order valence-corrected chi connectivity index (χ4v) is 3.04. The minimum absolute atomic E-state index is 0. The second-order valence-electron chi connectivity index (χ2n) is 6.19. The number of pyridine rings is 1. The molecule has 1 fully saturated rings. The summed E-state index contributed by atoms with van der Waals surface area (Å²) < 4.78 is 7.79. The second-order valence-corrected chi connectivity index (χ2v) is 6.19. The third-order valence-corrected chi connectivity index (χ3v) is 4.34. The lowest BCUT2D eigenvalue weighted by molar-refractivity contribution is 0.0277. The number of aryl methyl sites for hydroxylation is 1. The number of halogens is 1. The zero-order chi connectivity index (χ0) is 17.1. The number of benzene rings is 1. The van der Waals surface area contributed by atoms with Crippen molar-refractivity contribution < 1.29 is 4.74 Å². The highest BCUT2D eigenvalue weighted by Gasteiger charge is 2.20. The van der Waals surface area contributed by atoms with E-state index in [2.05, 4.69) is 10.3 Å². The summed E-state index contributed by atoms with van der Waals surface area (Å²) >= 11 is 0. The summed E-state index contributed by atoms with van der Waals surface area (Å²) in [6.07, 6.45) is 4.47. The van der Waals surface area contributed by atoms with Crippen LogP contribution >= 0.6 is 12.4 Å². The number of hydrogen-bond donors (Lipinski definition) is 1. The van der Waals surface area contributed by atoms with Crippen molar-refractivity contribution in [2.24, 2.45) is 0 Å². The summed E-state index contributed by atoms with van der Waals surface area (Å²) in [6.45, 7) is 4.51. The van der Waals surface area contributed by atoms with E-state index >= 15 is 0 Å². The summed E-state index contributed by atoms with van der Waals surface area (Å²) in [5, 5.41) is 8.15. The Kier molecular flexibility index (Phi) is 5.98. The van der Waals surface area contributed by atoms with Crippen molar-refractivity contribution in [3.05, 3.63) is 60.2 Å². The Balaban J connectivity index is 0.00000196. The Morgan fingerprint density at radius 1 is 1.23 bits per heavy atom. The van der Waals surface area contributed by atoms with E-state index in [0.29, 0.717) is 6.42 Å². The normalized spacial score (nSPS) is 16.9. The molecule has 7 heteroatoms. The lowest BCUT2D eigenvalue weighted by Crippen LogP contribution is -2.40. The summed E-state index contributed by atoms with van der Waals surface area (Å²) in [5.74, 6) is 1.64. The van der Waals surface area contributed by atoms with E-state index in [1.54, 1.807) is 6.20 Å². The number of rotatable bonds is 4. The first kappa shape index (κ1) is 18.5. The fraction of sp³-hybridized carbons (Fsp3) is 0.316. The molecule has 0 amide bonds. The first-order valence-electron chi connectivity index (χ1n) is 8.56. The van der Waals surface area contributed by atoms with Crippen LogP contribution in [0.3, 0.4) is 0 Å². The van der Waals surface area contributed by atoms with Gasteiger partial charge in [0, 0.05) is 37.5 Å². The molecule has 1 atom stereocenters. The molecule has 0 radical (unpaired) electrons. The second kappa shape index (κ2) is 8.40. The van der Waals surface area contributed by atoms with Gasteiger partial charge in [0.25, 0.3) is 0 Å². The predicted octanol–water partition coefficient (Wildman–Crippen LogP) is 2.59. The Morgan fingerprint density at radius 2 is 2.08 bits per heavy atom. The summed E-state index contributed by atoms with van der Waals surface area (Å²) in [6, 6.07) is 12.0. The topological polar surface area (TPSA) is 64.9 Å². The highest BCUT2D eigenvalue weighted by molar-refractivity contribution is 5.85. The van der Waals surface area contributed by atoms with Gasteiger partial charge in [0.1, 0.15) is 5.82 Å². The molecule has 1 aliphatic rings. The molecule has 4 rings (SSSR count). The van der Waals surface area contributed by atoms with E-state index < -0.39 is 0 Å². The van der Waals surface area contributed by atoms with Crippen LogP contribution in [0.25, 0.3) is 17.1 Å². The Labute approximate surface area is 159 Å². The zero-order valence-corrected chi connectivity index (χ0v) is 15.4. The van der Waals surface area contributed by atoms with E-state index in [4.69, 9.17) is 14.8 Å². The molecule has 1 unspecified atom stereocenters. The minimum atomic E-state index is 0. The number of hydrogen-bond acceptors (Lipinski definition) is 5. The van der Waals surface area contributed by atoms with Gasteiger partial charge in [-0.15, -0.1) is 17.5 Å². The molecule has 26 heavy (non-hydrogen) atoms. The van der Waals surface area contributed by atoms with Crippen molar-refractivity contribution in [1.82, 2.24) is 25.1 Å². The minimum Gasteiger partial charge on any atom is -0.375 e. The van der Waals surface area contributed by atoms with Crippen molar-refractivity contribution in [3.8, 4) is 17.1 Å². The molecule has 0 spiro atoms. The molecule has 3 aromatic rings. The molecular formula is C19H22ClN5O. The lowest BCUT2D eigenvalue weighted by Gasteiger charge is -2.23. The number of nitrogens with zero attached hydrogens (tertiary/aromatic N) is 4. The van der Waals surface area contributed by atoms with Crippen LogP contribution in [0.4, 0.5) is 0 Å². The number of nitrogens with one attached hydrogen (secondary N) is 1. The van der Waals surface area contributed by atoms with E-state index in [1.807, 2.05) is 54.2 Å². The van der Waals surface area contributed by atoms with Gasteiger partial charge >= 0.3 is 0 Å². The average Bonchev–Trinajstić information content (AvgIpc) is 3.07. The maximum absolute atomic E-state index is 5.86. The van der Waals surface area contributed by atoms with Crippen LogP contribution in [0.1, 0.15) is 11.4 Å². The van der Waals surface area contributed by atoms with Crippen molar-refractivity contribution in [2.45, 2.75) is 19.4 Å². The van der Waals surface area contributed by atoms with Crippen LogP contribution in [-0.4, -0.2) is 45.5 Å². The van der Waals surface area contributed by atoms with Gasteiger partial charge in [0.15, 0.2) is 5.82 Å². The highest BCUT2D eigenvalue weighted by atomic mass is 35.5. The molecule has 3 heterocycles. The molecule has 136 valence electrons. The average molecular weight is 372 g/mol. The van der Waals surface area contributed by atoms with E-state index in [0.717, 1.165) is 48.2 Å². The van der Waals surface area contributed by atoms with Gasteiger partial charge in [-0.05, 0) is 18.6 Å². The maximum atomic E-state index is 5.86. The Morgan fingerprint density at radius 3 is 2.81 bits per heavy atom. The first-order valence-corrected chi connectivity index (χ1v) is 8.56. The molecule has 1 aliphatic heterocycles. The molecule has 1 aromatic carbocycles. The molecule has 2 aromatic heterocycles. The van der Waals surface area contributed by atoms with E-state index in [1.165, 1.54) is 0 Å². The number of aromatic nitrogens is 4. The van der Waals surface area contributed by atoms with Gasteiger partial charge in [-0.25, -0.2) is 9.67 Å². The molecule has 1 N–H and O–H groups in total. The van der Waals surface area contributed by atoms with Crippen molar-refractivity contribution >= 4 is 12.4 Å². The standard InChI is InChI=1S/C19H21N5O.ClH/c1-14-12-20-8-7-17(14)24-18(11-16-13-21-9-10-25-16)22-19(23-24)15-5-3-2-4-6-15;/h2-8,12,16,21H,9-11,13H2,1H3;1H. The summed E-state index contributed by atoms with van der Waals surface area (Å²) in [5.41, 5.74) is 3.08. The summed E-state index contributed by atoms with van der Waals surface area (Å²) in [7, 11) is 0.